The van der Waals surface area contributed by atoms with Crippen LogP contribution in [-0.4, -0.2) is 36.1 Å². The first-order valence-electron chi connectivity index (χ1n) is 10.7. The summed E-state index contributed by atoms with van der Waals surface area (Å²) in [4.78, 5) is 12.5. The molecule has 3 aromatic rings. The van der Waals surface area contributed by atoms with Crippen LogP contribution in [0.1, 0.15) is 42.5 Å². The van der Waals surface area contributed by atoms with E-state index < -0.39 is 0 Å². The summed E-state index contributed by atoms with van der Waals surface area (Å²) in [6, 6.07) is 11.9. The largest absolute Gasteiger partial charge is 0.493 e. The topological polar surface area (TPSA) is 86.5 Å². The highest BCUT2D eigenvalue weighted by molar-refractivity contribution is 7.99. The fraction of sp³-hybridized carbons (Fsp3) is 0.375. The van der Waals surface area contributed by atoms with E-state index in [-0.39, 0.29) is 17.7 Å². The van der Waals surface area contributed by atoms with Crippen LogP contribution in [0.25, 0.3) is 11.5 Å². The number of nitrogens with one attached hydrogen (secondary N) is 1. The number of carbonyl (C=O) groups excluding carboxylic acids is 1. The van der Waals surface area contributed by atoms with Crippen LogP contribution < -0.4 is 14.8 Å². The molecule has 0 fully saturated rings. The first-order chi connectivity index (χ1) is 15.6. The van der Waals surface area contributed by atoms with Crippen molar-refractivity contribution in [2.75, 3.05) is 20.0 Å². The number of nitrogens with zero attached hydrogens (tertiary/aromatic N) is 2. The molecule has 4 rings (SSSR count). The fourth-order valence-electron chi connectivity index (χ4n) is 3.87. The molecule has 1 N–H and O–H groups in total. The van der Waals surface area contributed by atoms with Gasteiger partial charge in [-0.3, -0.25) is 4.79 Å². The smallest absolute Gasteiger partial charge is 0.277 e. The lowest BCUT2D eigenvalue weighted by Gasteiger charge is -2.20. The third-order valence-electron chi connectivity index (χ3n) is 5.61. The summed E-state index contributed by atoms with van der Waals surface area (Å²) in [5.41, 5.74) is 4.71. The number of amides is 1. The molecule has 32 heavy (non-hydrogen) atoms. The Kier molecular flexibility index (Phi) is 6.99. The number of benzene rings is 2. The van der Waals surface area contributed by atoms with Gasteiger partial charge in [0.1, 0.15) is 0 Å². The summed E-state index contributed by atoms with van der Waals surface area (Å²) >= 11 is 1.21. The summed E-state index contributed by atoms with van der Waals surface area (Å²) in [6.45, 7) is 2.01. The molecular formula is C24H27N3O4S. The van der Waals surface area contributed by atoms with E-state index in [0.717, 1.165) is 18.4 Å². The molecule has 0 bridgehead atoms. The normalized spacial score (nSPS) is 13.8. The van der Waals surface area contributed by atoms with Gasteiger partial charge in [-0.05, 0) is 67.5 Å². The summed E-state index contributed by atoms with van der Waals surface area (Å²) < 4.78 is 16.3. The Morgan fingerprint density at radius 3 is 2.62 bits per heavy atom. The van der Waals surface area contributed by atoms with Crippen molar-refractivity contribution in [3.05, 3.63) is 53.1 Å². The Hall–Kier alpha value is -3.00. The van der Waals surface area contributed by atoms with Gasteiger partial charge >= 0.3 is 0 Å². The van der Waals surface area contributed by atoms with Gasteiger partial charge in [0, 0.05) is 5.56 Å². The SMILES string of the molecule is COc1ccc(-c2nnc(SCC(=O)N[C@H](C)c3ccc4c(c3)CCCC4)o2)cc1OC. The number of methoxy groups -OCH3 is 2. The number of aromatic nitrogens is 2. The van der Waals surface area contributed by atoms with Crippen molar-refractivity contribution in [1.82, 2.24) is 15.5 Å². The van der Waals surface area contributed by atoms with Gasteiger partial charge in [0.05, 0.1) is 26.0 Å². The van der Waals surface area contributed by atoms with Crippen molar-refractivity contribution < 1.29 is 18.7 Å². The average molecular weight is 454 g/mol. The van der Waals surface area contributed by atoms with Gasteiger partial charge in [0.2, 0.25) is 11.8 Å². The number of thioether (sulfide) groups is 1. The van der Waals surface area contributed by atoms with Gasteiger partial charge in [0.25, 0.3) is 5.22 Å². The molecule has 0 aliphatic heterocycles. The van der Waals surface area contributed by atoms with Crippen molar-refractivity contribution in [1.29, 1.82) is 0 Å². The van der Waals surface area contributed by atoms with Crippen molar-refractivity contribution in [2.45, 2.75) is 43.9 Å². The molecule has 0 radical (unpaired) electrons. The Balaban J connectivity index is 1.33. The highest BCUT2D eigenvalue weighted by Gasteiger charge is 2.16. The zero-order valence-electron chi connectivity index (χ0n) is 18.5. The molecule has 7 nitrogen and oxygen atoms in total. The van der Waals surface area contributed by atoms with Crippen LogP contribution in [0.5, 0.6) is 11.5 Å². The molecule has 168 valence electrons. The number of ether oxygens (including phenoxy) is 2. The first kappa shape index (κ1) is 22.2. The highest BCUT2D eigenvalue weighted by Crippen LogP contribution is 2.32. The lowest BCUT2D eigenvalue weighted by Crippen LogP contribution is -2.28. The van der Waals surface area contributed by atoms with Crippen LogP contribution >= 0.6 is 11.8 Å². The van der Waals surface area contributed by atoms with Gasteiger partial charge in [-0.2, -0.15) is 0 Å². The Morgan fingerprint density at radius 1 is 1.06 bits per heavy atom. The number of aryl methyl sites for hydroxylation is 2. The number of carbonyl (C=O) groups is 1. The minimum atomic E-state index is -0.0777. The molecule has 0 saturated carbocycles. The maximum atomic E-state index is 12.5. The maximum absolute atomic E-state index is 12.5. The van der Waals surface area contributed by atoms with Crippen LogP contribution in [0.3, 0.4) is 0 Å². The van der Waals surface area contributed by atoms with Gasteiger partial charge in [-0.25, -0.2) is 0 Å². The summed E-state index contributed by atoms with van der Waals surface area (Å²) in [5, 5.41) is 11.5. The summed E-state index contributed by atoms with van der Waals surface area (Å²) in [5.74, 6) is 1.67. The van der Waals surface area contributed by atoms with Crippen LogP contribution in [0.4, 0.5) is 0 Å². The molecule has 1 heterocycles. The van der Waals surface area contributed by atoms with E-state index in [1.807, 2.05) is 13.0 Å². The third-order valence-corrected chi connectivity index (χ3v) is 6.43. The van der Waals surface area contributed by atoms with Gasteiger partial charge in [0.15, 0.2) is 11.5 Å². The molecule has 1 atom stereocenters. The van der Waals surface area contributed by atoms with Crippen molar-refractivity contribution >= 4 is 17.7 Å². The molecule has 1 aromatic heterocycles. The molecule has 1 amide bonds. The first-order valence-corrected chi connectivity index (χ1v) is 11.7. The maximum Gasteiger partial charge on any atom is 0.277 e. The zero-order chi connectivity index (χ0) is 22.5. The predicted octanol–water partition coefficient (Wildman–Crippen LogP) is 4.60. The predicted molar refractivity (Wildman–Crippen MR) is 123 cm³/mol. The van der Waals surface area contributed by atoms with E-state index >= 15 is 0 Å². The van der Waals surface area contributed by atoms with E-state index in [0.29, 0.717) is 28.2 Å². The zero-order valence-corrected chi connectivity index (χ0v) is 19.3. The molecule has 0 saturated heterocycles. The molecule has 0 spiro atoms. The standard InChI is InChI=1S/C24H27N3O4S/c1-15(17-9-8-16-6-4-5-7-18(16)12-17)25-22(28)14-32-24-27-26-23(31-24)19-10-11-20(29-2)21(13-19)30-3/h8-13,15H,4-7,14H2,1-3H3,(H,25,28)/t15-/m1/s1. The highest BCUT2D eigenvalue weighted by atomic mass is 32.2. The molecule has 0 unspecified atom stereocenters. The van der Waals surface area contributed by atoms with Gasteiger partial charge in [-0.1, -0.05) is 30.0 Å². The second-order valence-corrected chi connectivity index (χ2v) is 8.68. The van der Waals surface area contributed by atoms with Crippen LogP contribution in [0.2, 0.25) is 0 Å². The number of rotatable bonds is 8. The Bertz CT molecular complexity index is 1100. The van der Waals surface area contributed by atoms with Crippen LogP contribution in [-0.2, 0) is 17.6 Å². The monoisotopic (exact) mass is 453 g/mol. The van der Waals surface area contributed by atoms with E-state index in [1.165, 1.54) is 35.7 Å². The fourth-order valence-corrected chi connectivity index (χ4v) is 4.44. The second-order valence-electron chi connectivity index (χ2n) is 7.76. The van der Waals surface area contributed by atoms with Crippen molar-refractivity contribution in [3.63, 3.8) is 0 Å². The van der Waals surface area contributed by atoms with E-state index in [1.54, 1.807) is 26.4 Å². The van der Waals surface area contributed by atoms with Gasteiger partial charge < -0.3 is 19.2 Å². The quantitative estimate of drug-likeness (QED) is 0.499. The number of fused-ring (bicyclic) bond motifs is 1. The number of hydrogen-bond donors (Lipinski definition) is 1. The second kappa shape index (κ2) is 10.1. The summed E-state index contributed by atoms with van der Waals surface area (Å²) in [7, 11) is 3.15. The Morgan fingerprint density at radius 2 is 1.84 bits per heavy atom. The minimum absolute atomic E-state index is 0.0552. The van der Waals surface area contributed by atoms with Crippen LogP contribution in [0.15, 0.2) is 46.0 Å². The average Bonchev–Trinajstić information content (AvgIpc) is 3.31. The third kappa shape index (κ3) is 5.07. The van der Waals surface area contributed by atoms with Gasteiger partial charge in [-0.15, -0.1) is 10.2 Å². The molecule has 1 aliphatic carbocycles. The van der Waals surface area contributed by atoms with Crippen molar-refractivity contribution in [2.24, 2.45) is 0 Å². The molecule has 1 aliphatic rings. The van der Waals surface area contributed by atoms with Crippen LogP contribution in [0, 0.1) is 0 Å². The lowest BCUT2D eigenvalue weighted by atomic mass is 9.89. The molecule has 2 aromatic carbocycles. The lowest BCUT2D eigenvalue weighted by molar-refractivity contribution is -0.119. The summed E-state index contributed by atoms with van der Waals surface area (Å²) in [6.07, 6.45) is 4.78. The number of hydrogen-bond acceptors (Lipinski definition) is 7. The minimum Gasteiger partial charge on any atom is -0.493 e. The van der Waals surface area contributed by atoms with E-state index in [2.05, 4.69) is 33.7 Å². The molecule has 8 heteroatoms. The van der Waals surface area contributed by atoms with Crippen molar-refractivity contribution in [3.8, 4) is 23.0 Å². The Labute approximate surface area is 191 Å². The molecular weight excluding hydrogens is 426 g/mol. The van der Waals surface area contributed by atoms with E-state index in [4.69, 9.17) is 13.9 Å². The van der Waals surface area contributed by atoms with E-state index in [9.17, 15) is 4.79 Å².